The third-order valence-corrected chi connectivity index (χ3v) is 4.93. The number of anilines is 2. The SMILES string of the molecule is CNc1nc2c(N)ncnc2n1C1OC2COP(=O)(O)OC2C1O. The number of phosphoric ester groups is 1. The monoisotopic (exact) mass is 358 g/mol. The number of aliphatic hydroxyl groups excluding tert-OH is 1. The standard InChI is InChI=1S/C11H15N6O6P/c1-13-11-16-5-8(12)14-3-15-9(5)17(11)10-6(18)7-4(22-10)2-21-24(19,20)23-7/h3-4,6-7,10,18H,2H2,1H3,(H,13,16)(H,19,20)(H2,12,14,15). The summed E-state index contributed by atoms with van der Waals surface area (Å²) in [6, 6.07) is 0. The maximum absolute atomic E-state index is 11.6. The number of aromatic nitrogens is 4. The largest absolute Gasteiger partial charge is 0.472 e. The molecule has 5 N–H and O–H groups in total. The van der Waals surface area contributed by atoms with Gasteiger partial charge in [-0.05, 0) is 0 Å². The van der Waals surface area contributed by atoms with Crippen LogP contribution < -0.4 is 11.1 Å². The van der Waals surface area contributed by atoms with Gasteiger partial charge in [-0.1, -0.05) is 0 Å². The molecule has 12 nitrogen and oxygen atoms in total. The number of nitrogens with two attached hydrogens (primary N) is 1. The number of aliphatic hydroxyl groups is 1. The van der Waals surface area contributed by atoms with Gasteiger partial charge in [0.25, 0.3) is 0 Å². The zero-order chi connectivity index (χ0) is 17.1. The summed E-state index contributed by atoms with van der Waals surface area (Å²) in [7, 11) is -2.56. The van der Waals surface area contributed by atoms with E-state index in [1.807, 2.05) is 0 Å². The molecule has 2 aromatic rings. The first kappa shape index (κ1) is 15.7. The smallest absolute Gasteiger partial charge is 0.386 e. The van der Waals surface area contributed by atoms with Crippen LogP contribution in [0.1, 0.15) is 6.23 Å². The summed E-state index contributed by atoms with van der Waals surface area (Å²) in [5.74, 6) is 0.521. The van der Waals surface area contributed by atoms with Crippen LogP contribution in [0.15, 0.2) is 6.33 Å². The molecule has 24 heavy (non-hydrogen) atoms. The molecule has 0 amide bonds. The number of rotatable bonds is 2. The Hall–Kier alpha value is -1.82. The maximum Gasteiger partial charge on any atom is 0.472 e. The molecule has 2 aliphatic heterocycles. The predicted octanol–water partition coefficient (Wildman–Crippen LogP) is -0.776. The van der Waals surface area contributed by atoms with Crippen LogP contribution in [0.5, 0.6) is 0 Å². The van der Waals surface area contributed by atoms with Crippen LogP contribution in [0.3, 0.4) is 0 Å². The maximum atomic E-state index is 11.6. The van der Waals surface area contributed by atoms with Crippen molar-refractivity contribution >= 4 is 30.8 Å². The van der Waals surface area contributed by atoms with Gasteiger partial charge in [0.05, 0.1) is 6.61 Å². The van der Waals surface area contributed by atoms with Gasteiger partial charge in [-0.15, -0.1) is 0 Å². The zero-order valence-corrected chi connectivity index (χ0v) is 13.3. The quantitative estimate of drug-likeness (QED) is 0.497. The Balaban J connectivity index is 1.78. The van der Waals surface area contributed by atoms with Gasteiger partial charge in [-0.2, -0.15) is 0 Å². The molecule has 2 aromatic heterocycles. The van der Waals surface area contributed by atoms with E-state index in [0.29, 0.717) is 17.1 Å². The van der Waals surface area contributed by atoms with Gasteiger partial charge in [-0.3, -0.25) is 13.6 Å². The zero-order valence-electron chi connectivity index (χ0n) is 12.4. The van der Waals surface area contributed by atoms with Crippen LogP contribution in [0, 0.1) is 0 Å². The van der Waals surface area contributed by atoms with E-state index in [0.717, 1.165) is 0 Å². The number of nitrogens with one attached hydrogen (secondary N) is 1. The third kappa shape index (κ3) is 2.27. The lowest BCUT2D eigenvalue weighted by atomic mass is 10.1. The van der Waals surface area contributed by atoms with E-state index < -0.39 is 32.4 Å². The van der Waals surface area contributed by atoms with Gasteiger partial charge in [0, 0.05) is 7.05 Å². The molecule has 0 aromatic carbocycles. The van der Waals surface area contributed by atoms with Gasteiger partial charge in [0.15, 0.2) is 23.2 Å². The number of hydrogen-bond acceptors (Lipinski definition) is 10. The Morgan fingerprint density at radius 2 is 2.29 bits per heavy atom. The summed E-state index contributed by atoms with van der Waals surface area (Å²) < 4.78 is 28.5. The van der Waals surface area contributed by atoms with Gasteiger partial charge in [0.2, 0.25) is 5.95 Å². The van der Waals surface area contributed by atoms with E-state index >= 15 is 0 Å². The van der Waals surface area contributed by atoms with Crippen molar-refractivity contribution in [1.82, 2.24) is 19.5 Å². The van der Waals surface area contributed by atoms with Crippen molar-refractivity contribution in [3.05, 3.63) is 6.33 Å². The number of imidazole rings is 1. The Kier molecular flexibility index (Phi) is 3.49. The molecule has 13 heteroatoms. The summed E-state index contributed by atoms with van der Waals surface area (Å²) in [6.45, 7) is -0.176. The number of nitrogens with zero attached hydrogens (tertiary/aromatic N) is 4. The normalized spacial score (nSPS) is 36.0. The highest BCUT2D eigenvalue weighted by molar-refractivity contribution is 7.47. The summed E-state index contributed by atoms with van der Waals surface area (Å²) >= 11 is 0. The van der Waals surface area contributed by atoms with E-state index in [2.05, 4.69) is 20.3 Å². The molecule has 4 rings (SSSR count). The molecular formula is C11H15N6O6P. The molecule has 2 saturated heterocycles. The lowest BCUT2D eigenvalue weighted by Crippen LogP contribution is -2.39. The molecule has 0 radical (unpaired) electrons. The third-order valence-electron chi connectivity index (χ3n) is 3.95. The minimum atomic E-state index is -4.20. The molecule has 0 aliphatic carbocycles. The number of ether oxygens (including phenoxy) is 1. The Morgan fingerprint density at radius 1 is 1.50 bits per heavy atom. The molecule has 0 bridgehead atoms. The van der Waals surface area contributed by atoms with Crippen LogP contribution >= 0.6 is 7.82 Å². The van der Waals surface area contributed by atoms with Crippen molar-refractivity contribution in [2.45, 2.75) is 24.5 Å². The molecule has 2 fully saturated rings. The number of nitrogen functional groups attached to an aromatic ring is 1. The average molecular weight is 358 g/mol. The van der Waals surface area contributed by atoms with E-state index in [1.54, 1.807) is 7.05 Å². The highest BCUT2D eigenvalue weighted by atomic mass is 31.2. The van der Waals surface area contributed by atoms with Crippen LogP contribution in [0.4, 0.5) is 11.8 Å². The molecule has 5 unspecified atom stereocenters. The van der Waals surface area contributed by atoms with E-state index in [1.165, 1.54) is 10.9 Å². The highest BCUT2D eigenvalue weighted by Gasteiger charge is 2.53. The minimum absolute atomic E-state index is 0.176. The highest BCUT2D eigenvalue weighted by Crippen LogP contribution is 2.52. The summed E-state index contributed by atoms with van der Waals surface area (Å²) in [6.07, 6.45) is -2.64. The molecule has 0 spiro atoms. The number of phosphoric acid groups is 1. The predicted molar refractivity (Wildman–Crippen MR) is 79.8 cm³/mol. The molecule has 4 heterocycles. The Bertz CT molecular complexity index is 844. The van der Waals surface area contributed by atoms with Crippen LogP contribution in [-0.4, -0.2) is 61.5 Å². The summed E-state index contributed by atoms with van der Waals surface area (Å²) in [5.41, 5.74) is 6.50. The van der Waals surface area contributed by atoms with Crippen molar-refractivity contribution in [2.75, 3.05) is 24.7 Å². The fourth-order valence-corrected chi connectivity index (χ4v) is 3.86. The fourth-order valence-electron chi connectivity index (χ4n) is 2.89. The molecule has 2 aliphatic rings. The van der Waals surface area contributed by atoms with Crippen LogP contribution in [-0.2, 0) is 18.3 Å². The van der Waals surface area contributed by atoms with Gasteiger partial charge >= 0.3 is 7.82 Å². The van der Waals surface area contributed by atoms with E-state index in [9.17, 15) is 14.6 Å². The first-order valence-corrected chi connectivity index (χ1v) is 8.56. The molecule has 130 valence electrons. The van der Waals surface area contributed by atoms with Gasteiger partial charge in [0.1, 0.15) is 24.6 Å². The molecule has 5 atom stereocenters. The van der Waals surface area contributed by atoms with Crippen molar-refractivity contribution in [1.29, 1.82) is 0 Å². The second-order valence-corrected chi connectivity index (χ2v) is 6.78. The van der Waals surface area contributed by atoms with Crippen molar-refractivity contribution in [2.24, 2.45) is 0 Å². The van der Waals surface area contributed by atoms with Gasteiger partial charge in [-0.25, -0.2) is 19.5 Å². The first-order valence-electron chi connectivity index (χ1n) is 7.06. The van der Waals surface area contributed by atoms with E-state index in [4.69, 9.17) is 19.5 Å². The second-order valence-electron chi connectivity index (χ2n) is 5.38. The summed E-state index contributed by atoms with van der Waals surface area (Å²) in [4.78, 5) is 21.7. The van der Waals surface area contributed by atoms with Crippen molar-refractivity contribution in [3.63, 3.8) is 0 Å². The molecular weight excluding hydrogens is 343 g/mol. The Morgan fingerprint density at radius 3 is 3.04 bits per heavy atom. The van der Waals surface area contributed by atoms with Crippen LogP contribution in [0.25, 0.3) is 11.2 Å². The fraction of sp³-hybridized carbons (Fsp3) is 0.545. The topological polar surface area (TPSA) is 167 Å². The minimum Gasteiger partial charge on any atom is -0.386 e. The average Bonchev–Trinajstić information content (AvgIpc) is 3.06. The number of hydrogen-bond donors (Lipinski definition) is 4. The van der Waals surface area contributed by atoms with E-state index in [-0.39, 0.29) is 12.4 Å². The van der Waals surface area contributed by atoms with Crippen molar-refractivity contribution < 1.29 is 28.3 Å². The lowest BCUT2D eigenvalue weighted by molar-refractivity contribution is -0.0659. The summed E-state index contributed by atoms with van der Waals surface area (Å²) in [5, 5.41) is 13.4. The van der Waals surface area contributed by atoms with Gasteiger partial charge < -0.3 is 25.8 Å². The Labute approximate surface area is 135 Å². The molecule has 0 saturated carbocycles. The van der Waals surface area contributed by atoms with Crippen molar-refractivity contribution in [3.8, 4) is 0 Å². The number of fused-ring (bicyclic) bond motifs is 2. The lowest BCUT2D eigenvalue weighted by Gasteiger charge is -2.27. The first-order chi connectivity index (χ1) is 11.4. The van der Waals surface area contributed by atoms with Crippen LogP contribution in [0.2, 0.25) is 0 Å². The second kappa shape index (κ2) is 5.34.